The second kappa shape index (κ2) is 4.38. The molecule has 2 aromatic heterocycles. The standard InChI is InChI=1S/C12H11N3O2S/c16-10-5-8(3-4-13-10)11(17)15-12-14-9(6-18-12)7-1-2-7/h3-7H,1-2H2,(H,13,16)(H,14,15,17). The average Bonchev–Trinajstić information content (AvgIpc) is 3.11. The lowest BCUT2D eigenvalue weighted by atomic mass is 10.2. The summed E-state index contributed by atoms with van der Waals surface area (Å²) in [5.41, 5.74) is 1.10. The highest BCUT2D eigenvalue weighted by molar-refractivity contribution is 7.14. The molecule has 5 nitrogen and oxygen atoms in total. The first-order valence-electron chi connectivity index (χ1n) is 5.68. The van der Waals surface area contributed by atoms with Crippen LogP contribution in [0.2, 0.25) is 0 Å². The Morgan fingerprint density at radius 1 is 1.50 bits per heavy atom. The number of pyridine rings is 1. The summed E-state index contributed by atoms with van der Waals surface area (Å²) < 4.78 is 0. The Morgan fingerprint density at radius 3 is 3.06 bits per heavy atom. The molecule has 2 N–H and O–H groups in total. The van der Waals surface area contributed by atoms with E-state index in [-0.39, 0.29) is 11.5 Å². The van der Waals surface area contributed by atoms with E-state index >= 15 is 0 Å². The number of carbonyl (C=O) groups is 1. The third kappa shape index (κ3) is 2.33. The minimum absolute atomic E-state index is 0.291. The number of H-pyrrole nitrogens is 1. The first kappa shape index (κ1) is 11.2. The van der Waals surface area contributed by atoms with Crippen molar-refractivity contribution in [1.29, 1.82) is 0 Å². The van der Waals surface area contributed by atoms with Gasteiger partial charge in [0.15, 0.2) is 5.13 Å². The molecule has 0 unspecified atom stereocenters. The minimum Gasteiger partial charge on any atom is -0.329 e. The van der Waals surface area contributed by atoms with E-state index in [1.807, 2.05) is 5.38 Å². The lowest BCUT2D eigenvalue weighted by molar-refractivity contribution is 0.102. The zero-order valence-electron chi connectivity index (χ0n) is 9.47. The number of amides is 1. The highest BCUT2D eigenvalue weighted by Crippen LogP contribution is 2.40. The van der Waals surface area contributed by atoms with Gasteiger partial charge in [0.2, 0.25) is 5.56 Å². The number of anilines is 1. The number of carbonyl (C=O) groups excluding carboxylic acids is 1. The van der Waals surface area contributed by atoms with Crippen LogP contribution >= 0.6 is 11.3 Å². The van der Waals surface area contributed by atoms with Crippen LogP contribution in [0.15, 0.2) is 28.5 Å². The number of nitrogens with one attached hydrogen (secondary N) is 2. The van der Waals surface area contributed by atoms with E-state index in [0.717, 1.165) is 5.69 Å². The van der Waals surface area contributed by atoms with Crippen LogP contribution in [-0.2, 0) is 0 Å². The third-order valence-corrected chi connectivity index (χ3v) is 3.55. The monoisotopic (exact) mass is 261 g/mol. The van der Waals surface area contributed by atoms with E-state index in [2.05, 4.69) is 15.3 Å². The summed E-state index contributed by atoms with van der Waals surface area (Å²) in [5.74, 6) is 0.268. The van der Waals surface area contributed by atoms with Gasteiger partial charge in [-0.15, -0.1) is 11.3 Å². The summed E-state index contributed by atoms with van der Waals surface area (Å²) in [5, 5.41) is 5.27. The van der Waals surface area contributed by atoms with Gasteiger partial charge in [-0.3, -0.25) is 14.9 Å². The molecular formula is C12H11N3O2S. The molecule has 1 fully saturated rings. The number of aromatic nitrogens is 2. The van der Waals surface area contributed by atoms with E-state index in [0.29, 0.717) is 16.6 Å². The molecule has 1 aliphatic rings. The topological polar surface area (TPSA) is 74.8 Å². The molecule has 0 spiro atoms. The van der Waals surface area contributed by atoms with Crippen molar-refractivity contribution in [2.45, 2.75) is 18.8 Å². The van der Waals surface area contributed by atoms with Crippen LogP contribution in [0.4, 0.5) is 5.13 Å². The van der Waals surface area contributed by atoms with Crippen LogP contribution in [-0.4, -0.2) is 15.9 Å². The summed E-state index contributed by atoms with van der Waals surface area (Å²) in [6, 6.07) is 2.83. The first-order valence-corrected chi connectivity index (χ1v) is 6.56. The van der Waals surface area contributed by atoms with Crippen molar-refractivity contribution in [3.8, 4) is 0 Å². The Kier molecular flexibility index (Phi) is 2.71. The average molecular weight is 261 g/mol. The molecule has 0 aromatic carbocycles. The normalized spacial score (nSPS) is 14.4. The molecule has 2 aromatic rings. The molecule has 18 heavy (non-hydrogen) atoms. The summed E-state index contributed by atoms with van der Waals surface area (Å²) >= 11 is 1.42. The predicted octanol–water partition coefficient (Wildman–Crippen LogP) is 1.96. The number of hydrogen-bond acceptors (Lipinski definition) is 4. The zero-order chi connectivity index (χ0) is 12.5. The molecule has 3 rings (SSSR count). The maximum absolute atomic E-state index is 11.9. The molecule has 2 heterocycles. The number of nitrogens with zero attached hydrogens (tertiary/aromatic N) is 1. The highest BCUT2D eigenvalue weighted by atomic mass is 32.1. The van der Waals surface area contributed by atoms with Crippen LogP contribution in [0.25, 0.3) is 0 Å². The van der Waals surface area contributed by atoms with Crippen molar-refractivity contribution in [3.05, 3.63) is 45.3 Å². The second-order valence-corrected chi connectivity index (χ2v) is 5.11. The Labute approximate surface area is 107 Å². The van der Waals surface area contributed by atoms with Gasteiger partial charge in [-0.1, -0.05) is 0 Å². The van der Waals surface area contributed by atoms with E-state index in [1.165, 1.54) is 36.4 Å². The van der Waals surface area contributed by atoms with E-state index in [9.17, 15) is 9.59 Å². The largest absolute Gasteiger partial charge is 0.329 e. The van der Waals surface area contributed by atoms with E-state index < -0.39 is 0 Å². The predicted molar refractivity (Wildman–Crippen MR) is 69.1 cm³/mol. The molecule has 1 aliphatic carbocycles. The molecule has 0 bridgehead atoms. The van der Waals surface area contributed by atoms with Crippen molar-refractivity contribution >= 4 is 22.4 Å². The van der Waals surface area contributed by atoms with Gasteiger partial charge >= 0.3 is 0 Å². The van der Waals surface area contributed by atoms with E-state index in [1.54, 1.807) is 6.07 Å². The summed E-state index contributed by atoms with van der Waals surface area (Å²) in [6.07, 6.45) is 3.82. The van der Waals surface area contributed by atoms with Crippen molar-refractivity contribution < 1.29 is 4.79 Å². The van der Waals surface area contributed by atoms with Crippen LogP contribution in [0.5, 0.6) is 0 Å². The molecule has 0 atom stereocenters. The number of hydrogen-bond donors (Lipinski definition) is 2. The van der Waals surface area contributed by atoms with Gasteiger partial charge in [-0.2, -0.15) is 0 Å². The Bertz CT molecular complexity index is 643. The smallest absolute Gasteiger partial charge is 0.257 e. The summed E-state index contributed by atoms with van der Waals surface area (Å²) in [4.78, 5) is 29.8. The number of thiazole rings is 1. The van der Waals surface area contributed by atoms with Crippen molar-refractivity contribution in [1.82, 2.24) is 9.97 Å². The molecule has 0 saturated heterocycles. The second-order valence-electron chi connectivity index (χ2n) is 4.25. The summed E-state index contributed by atoms with van der Waals surface area (Å²) in [6.45, 7) is 0. The Balaban J connectivity index is 1.75. The van der Waals surface area contributed by atoms with Crippen LogP contribution in [0, 0.1) is 0 Å². The zero-order valence-corrected chi connectivity index (χ0v) is 10.3. The molecule has 1 saturated carbocycles. The van der Waals surface area contributed by atoms with Gasteiger partial charge in [0.05, 0.1) is 5.69 Å². The van der Waals surface area contributed by atoms with Gasteiger partial charge in [-0.05, 0) is 18.9 Å². The van der Waals surface area contributed by atoms with Crippen molar-refractivity contribution in [3.63, 3.8) is 0 Å². The quantitative estimate of drug-likeness (QED) is 0.886. The number of aromatic amines is 1. The van der Waals surface area contributed by atoms with Gasteiger partial charge in [0.1, 0.15) is 0 Å². The fourth-order valence-electron chi connectivity index (χ4n) is 1.67. The van der Waals surface area contributed by atoms with Gasteiger partial charge in [0, 0.05) is 29.1 Å². The highest BCUT2D eigenvalue weighted by Gasteiger charge is 2.26. The van der Waals surface area contributed by atoms with Crippen molar-refractivity contribution in [2.24, 2.45) is 0 Å². The maximum Gasteiger partial charge on any atom is 0.257 e. The maximum atomic E-state index is 11.9. The van der Waals surface area contributed by atoms with Crippen LogP contribution in [0.1, 0.15) is 34.8 Å². The fraction of sp³-hybridized carbons (Fsp3) is 0.250. The molecular weight excluding hydrogens is 250 g/mol. The van der Waals surface area contributed by atoms with E-state index in [4.69, 9.17) is 0 Å². The minimum atomic E-state index is -0.308. The SMILES string of the molecule is O=C(Nc1nc(C2CC2)cs1)c1cc[nH]c(=O)c1. The van der Waals surface area contributed by atoms with Crippen LogP contribution < -0.4 is 10.9 Å². The molecule has 0 radical (unpaired) electrons. The van der Waals surface area contributed by atoms with Crippen molar-refractivity contribution in [2.75, 3.05) is 5.32 Å². The van der Waals surface area contributed by atoms with Crippen LogP contribution in [0.3, 0.4) is 0 Å². The molecule has 6 heteroatoms. The molecule has 0 aliphatic heterocycles. The van der Waals surface area contributed by atoms with Gasteiger partial charge in [0.25, 0.3) is 5.91 Å². The lowest BCUT2D eigenvalue weighted by Gasteiger charge is -2.00. The lowest BCUT2D eigenvalue weighted by Crippen LogP contribution is -2.15. The van der Waals surface area contributed by atoms with Gasteiger partial charge < -0.3 is 4.98 Å². The molecule has 92 valence electrons. The number of rotatable bonds is 3. The molecule has 1 amide bonds. The third-order valence-electron chi connectivity index (χ3n) is 2.78. The Hall–Kier alpha value is -1.95. The summed E-state index contributed by atoms with van der Waals surface area (Å²) in [7, 11) is 0. The fourth-order valence-corrected chi connectivity index (χ4v) is 2.45. The van der Waals surface area contributed by atoms with Gasteiger partial charge in [-0.25, -0.2) is 4.98 Å². The first-order chi connectivity index (χ1) is 8.72. The Morgan fingerprint density at radius 2 is 2.33 bits per heavy atom.